The van der Waals surface area contributed by atoms with E-state index in [1.54, 1.807) is 18.2 Å². The number of nitrogens with zero attached hydrogens (tertiary/aromatic N) is 1. The first kappa shape index (κ1) is 25.3. The molecule has 3 aromatic rings. The predicted molar refractivity (Wildman–Crippen MR) is 125 cm³/mol. The summed E-state index contributed by atoms with van der Waals surface area (Å²) in [5, 5.41) is 0. The molecular formula is C27H28F3NO3. The lowest BCUT2D eigenvalue weighted by molar-refractivity contribution is -0.137. The van der Waals surface area contributed by atoms with Crippen LogP contribution < -0.4 is 9.47 Å². The Morgan fingerprint density at radius 2 is 1.76 bits per heavy atom. The first-order valence-electron chi connectivity index (χ1n) is 11.3. The molecule has 34 heavy (non-hydrogen) atoms. The summed E-state index contributed by atoms with van der Waals surface area (Å²) < 4.78 is 50.3. The molecule has 0 fully saturated rings. The summed E-state index contributed by atoms with van der Waals surface area (Å²) >= 11 is 0. The molecule has 180 valence electrons. The number of aromatic nitrogens is 1. The van der Waals surface area contributed by atoms with Crippen molar-refractivity contribution in [2.24, 2.45) is 0 Å². The molecule has 0 aliphatic carbocycles. The van der Waals surface area contributed by atoms with Crippen molar-refractivity contribution in [3.8, 4) is 22.8 Å². The average Bonchev–Trinajstić information content (AvgIpc) is 2.82. The summed E-state index contributed by atoms with van der Waals surface area (Å²) in [6, 6.07) is 15.8. The molecule has 1 heterocycles. The number of esters is 1. The SMILES string of the molecule is CCCCC(Oc1ccc(OC(C)=O)c(CC)c1)c1cccc(-c2ccc(C(F)(F)F)cc2)n1. The molecule has 0 saturated heterocycles. The Balaban J connectivity index is 1.88. The molecule has 2 aromatic carbocycles. The maximum absolute atomic E-state index is 12.9. The van der Waals surface area contributed by atoms with E-state index in [0.717, 1.165) is 37.0 Å². The molecule has 1 atom stereocenters. The van der Waals surface area contributed by atoms with Gasteiger partial charge in [-0.25, -0.2) is 4.98 Å². The summed E-state index contributed by atoms with van der Waals surface area (Å²) in [7, 11) is 0. The molecule has 3 rings (SSSR count). The molecule has 1 aromatic heterocycles. The number of benzene rings is 2. The van der Waals surface area contributed by atoms with Crippen molar-refractivity contribution in [2.45, 2.75) is 58.7 Å². The predicted octanol–water partition coefficient (Wildman–Crippen LogP) is 7.57. The molecule has 0 aliphatic rings. The van der Waals surface area contributed by atoms with E-state index in [4.69, 9.17) is 14.5 Å². The summed E-state index contributed by atoms with van der Waals surface area (Å²) in [5.74, 6) is 0.763. The van der Waals surface area contributed by atoms with Crippen LogP contribution in [0.15, 0.2) is 60.7 Å². The van der Waals surface area contributed by atoms with Gasteiger partial charge in [-0.15, -0.1) is 0 Å². The highest BCUT2D eigenvalue weighted by atomic mass is 19.4. The number of carbonyl (C=O) groups excluding carboxylic acids is 1. The molecule has 0 saturated carbocycles. The fourth-order valence-corrected chi connectivity index (χ4v) is 3.60. The van der Waals surface area contributed by atoms with Gasteiger partial charge in [0, 0.05) is 12.5 Å². The van der Waals surface area contributed by atoms with Gasteiger partial charge in [-0.1, -0.05) is 38.5 Å². The Hall–Kier alpha value is -3.35. The molecule has 1 unspecified atom stereocenters. The largest absolute Gasteiger partial charge is 0.484 e. The number of carbonyl (C=O) groups is 1. The molecular weight excluding hydrogens is 443 g/mol. The lowest BCUT2D eigenvalue weighted by atomic mass is 10.1. The second kappa shape index (κ2) is 11.2. The van der Waals surface area contributed by atoms with E-state index in [0.29, 0.717) is 34.9 Å². The molecule has 0 bridgehead atoms. The molecule has 7 heteroatoms. The van der Waals surface area contributed by atoms with E-state index in [-0.39, 0.29) is 12.1 Å². The highest BCUT2D eigenvalue weighted by Gasteiger charge is 2.30. The zero-order valence-electron chi connectivity index (χ0n) is 19.5. The third kappa shape index (κ3) is 6.59. The van der Waals surface area contributed by atoms with Gasteiger partial charge >= 0.3 is 12.1 Å². The number of rotatable bonds is 9. The van der Waals surface area contributed by atoms with Crippen molar-refractivity contribution in [3.05, 3.63) is 77.5 Å². The fraction of sp³-hybridized carbons (Fsp3) is 0.333. The van der Waals surface area contributed by atoms with Crippen LogP contribution in [0.25, 0.3) is 11.3 Å². The Kier molecular flexibility index (Phi) is 8.31. The molecule has 0 N–H and O–H groups in total. The van der Waals surface area contributed by atoms with Gasteiger partial charge in [0.15, 0.2) is 0 Å². The maximum Gasteiger partial charge on any atom is 0.416 e. The number of alkyl halides is 3. The lowest BCUT2D eigenvalue weighted by Gasteiger charge is -2.20. The van der Waals surface area contributed by atoms with Gasteiger partial charge in [-0.2, -0.15) is 13.2 Å². The molecule has 0 spiro atoms. The van der Waals surface area contributed by atoms with Crippen LogP contribution in [-0.4, -0.2) is 11.0 Å². The van der Waals surface area contributed by atoms with Crippen molar-refractivity contribution >= 4 is 5.97 Å². The minimum atomic E-state index is -4.38. The van der Waals surface area contributed by atoms with Crippen molar-refractivity contribution in [2.75, 3.05) is 0 Å². The molecule has 0 amide bonds. The van der Waals surface area contributed by atoms with Gasteiger partial charge < -0.3 is 9.47 Å². The van der Waals surface area contributed by atoms with E-state index in [2.05, 4.69) is 6.92 Å². The smallest absolute Gasteiger partial charge is 0.416 e. The van der Waals surface area contributed by atoms with Gasteiger partial charge in [0.05, 0.1) is 17.0 Å². The van der Waals surface area contributed by atoms with Crippen molar-refractivity contribution in [1.82, 2.24) is 4.98 Å². The van der Waals surface area contributed by atoms with E-state index in [9.17, 15) is 18.0 Å². The minimum Gasteiger partial charge on any atom is -0.484 e. The van der Waals surface area contributed by atoms with Crippen LogP contribution in [0.3, 0.4) is 0 Å². The van der Waals surface area contributed by atoms with Crippen LogP contribution >= 0.6 is 0 Å². The van der Waals surface area contributed by atoms with Crippen molar-refractivity contribution in [1.29, 1.82) is 0 Å². The van der Waals surface area contributed by atoms with Gasteiger partial charge in [0.25, 0.3) is 0 Å². The van der Waals surface area contributed by atoms with Gasteiger partial charge in [-0.05, 0) is 67.3 Å². The summed E-state index contributed by atoms with van der Waals surface area (Å²) in [6.45, 7) is 5.42. The van der Waals surface area contributed by atoms with Crippen LogP contribution in [0.5, 0.6) is 11.5 Å². The zero-order valence-corrected chi connectivity index (χ0v) is 19.5. The van der Waals surface area contributed by atoms with Gasteiger partial charge in [0.2, 0.25) is 0 Å². The Labute approximate surface area is 197 Å². The Morgan fingerprint density at radius 3 is 2.38 bits per heavy atom. The zero-order chi connectivity index (χ0) is 24.7. The average molecular weight is 472 g/mol. The minimum absolute atomic E-state index is 0.335. The van der Waals surface area contributed by atoms with Crippen LogP contribution in [0.2, 0.25) is 0 Å². The number of halogens is 3. The van der Waals surface area contributed by atoms with Crippen LogP contribution in [0.1, 0.15) is 63.0 Å². The van der Waals surface area contributed by atoms with E-state index >= 15 is 0 Å². The van der Waals surface area contributed by atoms with Crippen LogP contribution in [0.4, 0.5) is 13.2 Å². The fourth-order valence-electron chi connectivity index (χ4n) is 3.60. The van der Waals surface area contributed by atoms with E-state index in [1.807, 2.05) is 25.1 Å². The molecule has 0 aliphatic heterocycles. The summed E-state index contributed by atoms with van der Waals surface area (Å²) in [6.07, 6.45) is -1.42. The van der Waals surface area contributed by atoms with Crippen LogP contribution in [0, 0.1) is 0 Å². The number of aryl methyl sites for hydroxylation is 1. The molecule has 4 nitrogen and oxygen atoms in total. The van der Waals surface area contributed by atoms with Crippen LogP contribution in [-0.2, 0) is 17.4 Å². The third-order valence-electron chi connectivity index (χ3n) is 5.37. The monoisotopic (exact) mass is 471 g/mol. The number of ether oxygens (including phenoxy) is 2. The lowest BCUT2D eigenvalue weighted by Crippen LogP contribution is -2.11. The summed E-state index contributed by atoms with van der Waals surface area (Å²) in [4.78, 5) is 16.1. The second-order valence-corrected chi connectivity index (χ2v) is 7.99. The normalized spacial score (nSPS) is 12.3. The third-order valence-corrected chi connectivity index (χ3v) is 5.37. The standard InChI is InChI=1S/C27H28F3NO3/c1-4-6-10-26(34-22-15-16-25(33-18(3)32)19(5-2)17-22)24-9-7-8-23(31-24)20-11-13-21(14-12-20)27(28,29)30/h7-9,11-17,26H,4-6,10H2,1-3H3. The first-order chi connectivity index (χ1) is 16.2. The highest BCUT2D eigenvalue weighted by Crippen LogP contribution is 2.33. The molecule has 0 radical (unpaired) electrons. The van der Waals surface area contributed by atoms with Crippen molar-refractivity contribution in [3.63, 3.8) is 0 Å². The quantitative estimate of drug-likeness (QED) is 0.239. The Bertz CT molecular complexity index is 1110. The number of unbranched alkanes of at least 4 members (excludes halogenated alkanes) is 1. The number of hydrogen-bond acceptors (Lipinski definition) is 4. The van der Waals surface area contributed by atoms with Gasteiger partial charge in [-0.3, -0.25) is 4.79 Å². The first-order valence-corrected chi connectivity index (χ1v) is 11.3. The van der Waals surface area contributed by atoms with Gasteiger partial charge in [0.1, 0.15) is 17.6 Å². The Morgan fingerprint density at radius 1 is 1.03 bits per heavy atom. The topological polar surface area (TPSA) is 48.4 Å². The number of hydrogen-bond donors (Lipinski definition) is 0. The van der Waals surface area contributed by atoms with E-state index in [1.165, 1.54) is 19.1 Å². The van der Waals surface area contributed by atoms with Crippen molar-refractivity contribution < 1.29 is 27.4 Å². The van der Waals surface area contributed by atoms with E-state index < -0.39 is 11.7 Å². The highest BCUT2D eigenvalue weighted by molar-refractivity contribution is 5.70. The summed E-state index contributed by atoms with van der Waals surface area (Å²) in [5.41, 5.74) is 2.04. The second-order valence-electron chi connectivity index (χ2n) is 7.99. The maximum atomic E-state index is 12.9. The number of pyridine rings is 1.